The second kappa shape index (κ2) is 8.32. The van der Waals surface area contributed by atoms with E-state index in [9.17, 15) is 8.42 Å². The van der Waals surface area contributed by atoms with E-state index >= 15 is 0 Å². The lowest BCUT2D eigenvalue weighted by molar-refractivity contribution is 0.210. The molecule has 6 heteroatoms. The quantitative estimate of drug-likeness (QED) is 0.698. The first-order valence-electron chi connectivity index (χ1n) is 7.59. The molecule has 0 saturated carbocycles. The zero-order chi connectivity index (χ0) is 15.2. The highest BCUT2D eigenvalue weighted by Crippen LogP contribution is 2.07. The van der Waals surface area contributed by atoms with Crippen molar-refractivity contribution in [3.05, 3.63) is 0 Å². The van der Waals surface area contributed by atoms with E-state index in [0.29, 0.717) is 24.0 Å². The molecule has 0 aromatic heterocycles. The van der Waals surface area contributed by atoms with Crippen LogP contribution >= 0.6 is 0 Å². The molecule has 5 nitrogen and oxygen atoms in total. The van der Waals surface area contributed by atoms with Gasteiger partial charge in [-0.15, -0.1) is 0 Å². The third kappa shape index (κ3) is 7.57. The first kappa shape index (κ1) is 17.9. The molecule has 0 bridgehead atoms. The maximum Gasteiger partial charge on any atom is 0.153 e. The van der Waals surface area contributed by atoms with Gasteiger partial charge < -0.3 is 15.1 Å². The molecule has 0 radical (unpaired) electrons. The lowest BCUT2D eigenvalue weighted by Gasteiger charge is -2.29. The Hall–Kier alpha value is -0.170. The van der Waals surface area contributed by atoms with Gasteiger partial charge in [0.25, 0.3) is 0 Å². The summed E-state index contributed by atoms with van der Waals surface area (Å²) in [5.74, 6) is 1.23. The third-order valence-electron chi connectivity index (χ3n) is 3.58. The van der Waals surface area contributed by atoms with E-state index in [2.05, 4.69) is 43.1 Å². The van der Waals surface area contributed by atoms with E-state index in [0.717, 1.165) is 32.6 Å². The maximum absolute atomic E-state index is 11.6. The number of likely N-dealkylation sites (N-methyl/N-ethyl adjacent to an activating group) is 1. The van der Waals surface area contributed by atoms with Crippen LogP contribution in [-0.4, -0.2) is 82.6 Å². The molecule has 1 saturated heterocycles. The van der Waals surface area contributed by atoms with Crippen LogP contribution in [0.5, 0.6) is 0 Å². The van der Waals surface area contributed by atoms with Gasteiger partial charge in [-0.3, -0.25) is 0 Å². The molecule has 0 aliphatic carbocycles. The molecule has 20 heavy (non-hydrogen) atoms. The zero-order valence-electron chi connectivity index (χ0n) is 13.4. The van der Waals surface area contributed by atoms with Crippen LogP contribution in [0, 0.1) is 5.92 Å². The number of hydrogen-bond donors (Lipinski definition) is 1. The van der Waals surface area contributed by atoms with Gasteiger partial charge in [0.1, 0.15) is 0 Å². The van der Waals surface area contributed by atoms with Gasteiger partial charge in [0.2, 0.25) is 0 Å². The van der Waals surface area contributed by atoms with Crippen LogP contribution in [0.4, 0.5) is 0 Å². The van der Waals surface area contributed by atoms with Crippen molar-refractivity contribution in [2.75, 3.05) is 58.3 Å². The normalized spacial score (nSPS) is 22.9. The van der Waals surface area contributed by atoms with Crippen molar-refractivity contribution in [2.45, 2.75) is 26.3 Å². The predicted octanol–water partition coefficient (Wildman–Crippen LogP) is 0.283. The standard InChI is InChI=1S/C14H31N3O2S/c1-13(2)11-17(9-8-16(3)4)7-5-14-12-20(18,19)10-6-15-14/h13-15H,5-12H2,1-4H3. The Morgan fingerprint density at radius 3 is 2.45 bits per heavy atom. The summed E-state index contributed by atoms with van der Waals surface area (Å²) in [7, 11) is 1.35. The summed E-state index contributed by atoms with van der Waals surface area (Å²) < 4.78 is 23.3. The van der Waals surface area contributed by atoms with Gasteiger partial charge in [-0.05, 0) is 33.0 Å². The van der Waals surface area contributed by atoms with Crippen molar-refractivity contribution in [1.82, 2.24) is 15.1 Å². The second-order valence-corrected chi connectivity index (χ2v) is 8.78. The summed E-state index contributed by atoms with van der Waals surface area (Å²) in [5, 5.41) is 3.33. The summed E-state index contributed by atoms with van der Waals surface area (Å²) in [4.78, 5) is 4.64. The minimum Gasteiger partial charge on any atom is -0.312 e. The average Bonchev–Trinajstić information content (AvgIpc) is 2.31. The fraction of sp³-hybridized carbons (Fsp3) is 1.00. The largest absolute Gasteiger partial charge is 0.312 e. The molecule has 1 heterocycles. The van der Waals surface area contributed by atoms with Crippen LogP contribution in [0.3, 0.4) is 0 Å². The van der Waals surface area contributed by atoms with Crippen LogP contribution in [0.15, 0.2) is 0 Å². The lowest BCUT2D eigenvalue weighted by Crippen LogP contribution is -2.47. The Bertz CT molecular complexity index is 369. The van der Waals surface area contributed by atoms with E-state index in [4.69, 9.17) is 0 Å². The minimum absolute atomic E-state index is 0.128. The second-order valence-electron chi connectivity index (χ2n) is 6.55. The van der Waals surface area contributed by atoms with Gasteiger partial charge in [-0.1, -0.05) is 13.8 Å². The van der Waals surface area contributed by atoms with Gasteiger partial charge in [0.05, 0.1) is 11.5 Å². The topological polar surface area (TPSA) is 52.7 Å². The summed E-state index contributed by atoms with van der Waals surface area (Å²) in [6, 6.07) is 0.128. The monoisotopic (exact) mass is 305 g/mol. The Morgan fingerprint density at radius 1 is 1.20 bits per heavy atom. The van der Waals surface area contributed by atoms with E-state index < -0.39 is 9.84 Å². The predicted molar refractivity (Wildman–Crippen MR) is 84.9 cm³/mol. The van der Waals surface area contributed by atoms with Crippen molar-refractivity contribution in [1.29, 1.82) is 0 Å². The molecule has 120 valence electrons. The highest BCUT2D eigenvalue weighted by molar-refractivity contribution is 7.91. The zero-order valence-corrected chi connectivity index (χ0v) is 14.2. The van der Waals surface area contributed by atoms with Gasteiger partial charge in [-0.2, -0.15) is 0 Å². The maximum atomic E-state index is 11.6. The van der Waals surface area contributed by atoms with E-state index in [-0.39, 0.29) is 6.04 Å². The van der Waals surface area contributed by atoms with Crippen LogP contribution in [0.25, 0.3) is 0 Å². The fourth-order valence-corrected chi connectivity index (χ4v) is 4.04. The highest BCUT2D eigenvalue weighted by Gasteiger charge is 2.24. The lowest BCUT2D eigenvalue weighted by atomic mass is 10.1. The molecule has 1 aliphatic heterocycles. The molecule has 1 rings (SSSR count). The fourth-order valence-electron chi connectivity index (χ4n) is 2.54. The van der Waals surface area contributed by atoms with Crippen molar-refractivity contribution in [3.8, 4) is 0 Å². The van der Waals surface area contributed by atoms with Crippen LogP contribution in [0.1, 0.15) is 20.3 Å². The van der Waals surface area contributed by atoms with Crippen molar-refractivity contribution < 1.29 is 8.42 Å². The Labute approximate surface area is 124 Å². The molecular formula is C14H31N3O2S. The Balaban J connectivity index is 2.40. The summed E-state index contributed by atoms with van der Waals surface area (Å²) >= 11 is 0. The van der Waals surface area contributed by atoms with Gasteiger partial charge in [0, 0.05) is 32.2 Å². The van der Waals surface area contributed by atoms with Crippen molar-refractivity contribution >= 4 is 9.84 Å². The first-order chi connectivity index (χ1) is 9.28. The molecule has 0 aromatic carbocycles. The summed E-state index contributed by atoms with van der Waals surface area (Å²) in [6.45, 7) is 9.20. The van der Waals surface area contributed by atoms with Gasteiger partial charge in [0.15, 0.2) is 9.84 Å². The van der Waals surface area contributed by atoms with Crippen LogP contribution in [0.2, 0.25) is 0 Å². The SMILES string of the molecule is CC(C)CN(CCC1CS(=O)(=O)CCN1)CCN(C)C. The average molecular weight is 305 g/mol. The molecule has 1 unspecified atom stereocenters. The molecular weight excluding hydrogens is 274 g/mol. The molecule has 1 atom stereocenters. The van der Waals surface area contributed by atoms with Crippen molar-refractivity contribution in [3.63, 3.8) is 0 Å². The van der Waals surface area contributed by atoms with Crippen LogP contribution < -0.4 is 5.32 Å². The van der Waals surface area contributed by atoms with Gasteiger partial charge in [-0.25, -0.2) is 8.42 Å². The van der Waals surface area contributed by atoms with E-state index in [1.165, 1.54) is 0 Å². The van der Waals surface area contributed by atoms with E-state index in [1.807, 2.05) is 0 Å². The Kier molecular flexibility index (Phi) is 7.43. The molecule has 1 N–H and O–H groups in total. The third-order valence-corrected chi connectivity index (χ3v) is 5.32. The van der Waals surface area contributed by atoms with E-state index in [1.54, 1.807) is 0 Å². The smallest absolute Gasteiger partial charge is 0.153 e. The molecule has 1 fully saturated rings. The van der Waals surface area contributed by atoms with Crippen molar-refractivity contribution in [2.24, 2.45) is 5.92 Å². The number of sulfone groups is 1. The summed E-state index contributed by atoms with van der Waals surface area (Å²) in [5.41, 5.74) is 0. The molecule has 0 aromatic rings. The first-order valence-corrected chi connectivity index (χ1v) is 9.41. The Morgan fingerprint density at radius 2 is 1.90 bits per heavy atom. The summed E-state index contributed by atoms with van der Waals surface area (Å²) in [6.07, 6.45) is 0.916. The number of nitrogens with zero attached hydrogens (tertiary/aromatic N) is 2. The number of hydrogen-bond acceptors (Lipinski definition) is 5. The number of rotatable bonds is 8. The molecule has 1 aliphatic rings. The number of nitrogens with one attached hydrogen (secondary N) is 1. The molecule has 0 amide bonds. The molecule has 0 spiro atoms. The van der Waals surface area contributed by atoms with Crippen LogP contribution in [-0.2, 0) is 9.84 Å². The minimum atomic E-state index is -2.82. The highest BCUT2D eigenvalue weighted by atomic mass is 32.2. The van der Waals surface area contributed by atoms with Gasteiger partial charge >= 0.3 is 0 Å².